The zero-order valence-corrected chi connectivity index (χ0v) is 15.2. The van der Waals surface area contributed by atoms with Crippen molar-refractivity contribution < 1.29 is 14.4 Å². The molecule has 2 fully saturated rings. The molecule has 0 radical (unpaired) electrons. The minimum atomic E-state index is -1.24. The van der Waals surface area contributed by atoms with Crippen molar-refractivity contribution in [3.05, 3.63) is 59.1 Å². The summed E-state index contributed by atoms with van der Waals surface area (Å²) in [5.41, 5.74) is 0.578. The van der Waals surface area contributed by atoms with Gasteiger partial charge in [-0.05, 0) is 31.2 Å². The van der Waals surface area contributed by atoms with E-state index in [1.165, 1.54) is 4.90 Å². The Morgan fingerprint density at radius 3 is 2.59 bits per heavy atom. The van der Waals surface area contributed by atoms with Crippen LogP contribution in [0, 0.1) is 11.8 Å². The van der Waals surface area contributed by atoms with Crippen LogP contribution >= 0.6 is 11.6 Å². The number of hydrogen-bond acceptors (Lipinski definition) is 4. The summed E-state index contributed by atoms with van der Waals surface area (Å²) in [4.78, 5) is 40.8. The Bertz CT molecular complexity index is 1020. The lowest BCUT2D eigenvalue weighted by Gasteiger charge is -2.29. The van der Waals surface area contributed by atoms with Gasteiger partial charge in [-0.25, -0.2) is 4.90 Å². The highest BCUT2D eigenvalue weighted by Gasteiger charge is 2.69. The molecule has 2 saturated heterocycles. The van der Waals surface area contributed by atoms with Crippen molar-refractivity contribution in [2.24, 2.45) is 11.8 Å². The molecule has 3 aliphatic heterocycles. The number of nitrogens with one attached hydrogen (secondary N) is 2. The number of anilines is 2. The van der Waals surface area contributed by atoms with Crippen LogP contribution in [-0.2, 0) is 19.9 Å². The smallest absolute Gasteiger partial charge is 0.250 e. The molecule has 136 valence electrons. The molecule has 2 aromatic rings. The maximum atomic E-state index is 13.4. The van der Waals surface area contributed by atoms with Gasteiger partial charge in [0.15, 0.2) is 0 Å². The van der Waals surface area contributed by atoms with Gasteiger partial charge >= 0.3 is 0 Å². The highest BCUT2D eigenvalue weighted by Crippen LogP contribution is 2.53. The second kappa shape index (κ2) is 5.41. The first-order chi connectivity index (χ1) is 12.9. The molecule has 3 aliphatic rings. The predicted molar refractivity (Wildman–Crippen MR) is 100 cm³/mol. The molecule has 1 spiro atoms. The lowest BCUT2D eigenvalue weighted by Crippen LogP contribution is -2.53. The predicted octanol–water partition coefficient (Wildman–Crippen LogP) is 2.28. The summed E-state index contributed by atoms with van der Waals surface area (Å²) in [6.45, 7) is 1.84. The van der Waals surface area contributed by atoms with E-state index in [4.69, 9.17) is 11.6 Å². The van der Waals surface area contributed by atoms with Crippen LogP contribution in [0.2, 0.25) is 5.02 Å². The topological polar surface area (TPSA) is 78.5 Å². The third kappa shape index (κ3) is 1.97. The zero-order valence-electron chi connectivity index (χ0n) is 14.4. The van der Waals surface area contributed by atoms with E-state index >= 15 is 0 Å². The van der Waals surface area contributed by atoms with Crippen molar-refractivity contribution in [1.82, 2.24) is 5.32 Å². The number of carbonyl (C=O) groups excluding carboxylic acids is 3. The van der Waals surface area contributed by atoms with Gasteiger partial charge in [0.25, 0.3) is 0 Å². The third-order valence-corrected chi connectivity index (χ3v) is 6.07. The molecule has 2 N–H and O–H groups in total. The fraction of sp³-hybridized carbons (Fsp3) is 0.250. The number of amides is 3. The number of rotatable bonds is 1. The molecular formula is C20H16ClN3O3. The molecule has 0 aromatic heterocycles. The van der Waals surface area contributed by atoms with E-state index in [2.05, 4.69) is 10.6 Å². The Balaban J connectivity index is 1.67. The average Bonchev–Trinajstić information content (AvgIpc) is 3.20. The molecule has 2 aromatic carbocycles. The van der Waals surface area contributed by atoms with E-state index < -0.39 is 17.4 Å². The highest BCUT2D eigenvalue weighted by molar-refractivity contribution is 6.31. The summed E-state index contributed by atoms with van der Waals surface area (Å²) >= 11 is 6.05. The van der Waals surface area contributed by atoms with Crippen LogP contribution in [0.5, 0.6) is 0 Å². The zero-order chi connectivity index (χ0) is 18.9. The summed E-state index contributed by atoms with van der Waals surface area (Å²) in [7, 11) is 0. The normalized spacial score (nSPS) is 31.4. The second-order valence-corrected chi connectivity index (χ2v) is 7.67. The maximum absolute atomic E-state index is 13.4. The summed E-state index contributed by atoms with van der Waals surface area (Å²) in [5, 5.41) is 6.57. The van der Waals surface area contributed by atoms with Crippen molar-refractivity contribution in [2.75, 3.05) is 10.2 Å². The van der Waals surface area contributed by atoms with Crippen molar-refractivity contribution >= 4 is 40.7 Å². The maximum Gasteiger partial charge on any atom is 0.250 e. The van der Waals surface area contributed by atoms with E-state index in [1.807, 2.05) is 25.1 Å². The van der Waals surface area contributed by atoms with Crippen molar-refractivity contribution in [3.63, 3.8) is 0 Å². The number of halogens is 1. The van der Waals surface area contributed by atoms with Gasteiger partial charge in [-0.2, -0.15) is 0 Å². The standard InChI is InChI=1S/C20H16ClN3O3/c1-10-15-16(18(26)24(17(15)25)12-6-4-5-11(21)9-12)20(23-10)13-7-2-3-8-14(13)22-19(20)27/h2-10,15-16,23H,1H3,(H,22,27)/t10-,15+,16+,20+/m1/s1. The second-order valence-electron chi connectivity index (χ2n) is 7.24. The highest BCUT2D eigenvalue weighted by atomic mass is 35.5. The number of carbonyl (C=O) groups is 3. The molecule has 3 heterocycles. The molecular weight excluding hydrogens is 366 g/mol. The van der Waals surface area contributed by atoms with Gasteiger partial charge in [0, 0.05) is 22.3 Å². The van der Waals surface area contributed by atoms with Gasteiger partial charge in [0.2, 0.25) is 17.7 Å². The van der Waals surface area contributed by atoms with Gasteiger partial charge in [0.05, 0.1) is 17.5 Å². The van der Waals surface area contributed by atoms with Crippen LogP contribution in [0.3, 0.4) is 0 Å². The number of hydrogen-bond donors (Lipinski definition) is 2. The SMILES string of the molecule is C[C@H]1N[C@]2(C(=O)Nc3ccccc32)[C@@H]2C(=O)N(c3cccc(Cl)c3)C(=O)[C@H]21. The number of fused-ring (bicyclic) bond motifs is 4. The summed E-state index contributed by atoms with van der Waals surface area (Å²) < 4.78 is 0. The van der Waals surface area contributed by atoms with Crippen LogP contribution in [0.4, 0.5) is 11.4 Å². The fourth-order valence-electron chi connectivity index (χ4n) is 4.79. The first-order valence-electron chi connectivity index (χ1n) is 8.77. The molecule has 27 heavy (non-hydrogen) atoms. The molecule has 5 rings (SSSR count). The lowest BCUT2D eigenvalue weighted by molar-refractivity contribution is -0.130. The minimum Gasteiger partial charge on any atom is -0.324 e. The number of nitrogens with zero attached hydrogens (tertiary/aromatic N) is 1. The Morgan fingerprint density at radius 1 is 1.04 bits per heavy atom. The summed E-state index contributed by atoms with van der Waals surface area (Å²) in [6.07, 6.45) is 0. The molecule has 0 saturated carbocycles. The molecule has 0 aliphatic carbocycles. The molecule has 7 heteroatoms. The molecule has 3 amide bonds. The molecule has 4 atom stereocenters. The van der Waals surface area contributed by atoms with Crippen LogP contribution in [0.15, 0.2) is 48.5 Å². The van der Waals surface area contributed by atoms with E-state index in [0.29, 0.717) is 22.0 Å². The van der Waals surface area contributed by atoms with Crippen LogP contribution in [-0.4, -0.2) is 23.8 Å². The van der Waals surface area contributed by atoms with Crippen molar-refractivity contribution in [3.8, 4) is 0 Å². The number of imide groups is 1. The van der Waals surface area contributed by atoms with Gasteiger partial charge < -0.3 is 5.32 Å². The largest absolute Gasteiger partial charge is 0.324 e. The number of para-hydroxylation sites is 1. The van der Waals surface area contributed by atoms with Crippen LogP contribution < -0.4 is 15.5 Å². The minimum absolute atomic E-state index is 0.294. The van der Waals surface area contributed by atoms with E-state index in [0.717, 1.165) is 0 Å². The van der Waals surface area contributed by atoms with Gasteiger partial charge in [-0.1, -0.05) is 35.9 Å². The van der Waals surface area contributed by atoms with Crippen LogP contribution in [0.25, 0.3) is 0 Å². The van der Waals surface area contributed by atoms with E-state index in [1.54, 1.807) is 30.3 Å². The van der Waals surface area contributed by atoms with Crippen LogP contribution in [0.1, 0.15) is 12.5 Å². The van der Waals surface area contributed by atoms with Crippen molar-refractivity contribution in [2.45, 2.75) is 18.5 Å². The number of benzene rings is 2. The Morgan fingerprint density at radius 2 is 1.81 bits per heavy atom. The quantitative estimate of drug-likeness (QED) is 0.743. The Hall–Kier alpha value is -2.70. The summed E-state index contributed by atoms with van der Waals surface area (Å²) in [5.74, 6) is -2.40. The Labute approximate surface area is 160 Å². The summed E-state index contributed by atoms with van der Waals surface area (Å²) in [6, 6.07) is 13.6. The van der Waals surface area contributed by atoms with Gasteiger partial charge in [-0.15, -0.1) is 0 Å². The van der Waals surface area contributed by atoms with Gasteiger partial charge in [0.1, 0.15) is 5.54 Å². The van der Waals surface area contributed by atoms with E-state index in [9.17, 15) is 14.4 Å². The molecule has 0 bridgehead atoms. The van der Waals surface area contributed by atoms with Crippen molar-refractivity contribution in [1.29, 1.82) is 0 Å². The third-order valence-electron chi connectivity index (χ3n) is 5.84. The van der Waals surface area contributed by atoms with Gasteiger partial charge in [-0.3, -0.25) is 19.7 Å². The molecule has 6 nitrogen and oxygen atoms in total. The Kier molecular flexibility index (Phi) is 3.30. The van der Waals surface area contributed by atoms with E-state index in [-0.39, 0.29) is 23.8 Å². The average molecular weight is 382 g/mol. The first-order valence-corrected chi connectivity index (χ1v) is 9.15. The fourth-order valence-corrected chi connectivity index (χ4v) is 4.97. The molecule has 0 unspecified atom stereocenters. The lowest BCUT2D eigenvalue weighted by atomic mass is 9.76. The monoisotopic (exact) mass is 381 g/mol. The first kappa shape index (κ1) is 16.5.